The standard InChI is InChI=1S/C13H18O2/c1-4-15-9-11-7-5-6-8-12(11)13(14)10(2)3/h5-8,10H,4,9H2,1-3H3. The number of hydrogen-bond donors (Lipinski definition) is 0. The molecule has 0 radical (unpaired) electrons. The lowest BCUT2D eigenvalue weighted by molar-refractivity contribution is 0.0929. The van der Waals surface area contributed by atoms with E-state index in [1.54, 1.807) is 0 Å². The van der Waals surface area contributed by atoms with Crippen LogP contribution in [0.2, 0.25) is 0 Å². The van der Waals surface area contributed by atoms with Gasteiger partial charge >= 0.3 is 0 Å². The normalized spacial score (nSPS) is 10.7. The van der Waals surface area contributed by atoms with Gasteiger partial charge in [0.2, 0.25) is 0 Å². The minimum atomic E-state index is 0.0350. The number of hydrogen-bond acceptors (Lipinski definition) is 2. The number of ketones is 1. The van der Waals surface area contributed by atoms with Crippen LogP contribution in [0.15, 0.2) is 24.3 Å². The SMILES string of the molecule is CCOCc1ccccc1C(=O)C(C)C. The Morgan fingerprint density at radius 1 is 1.33 bits per heavy atom. The molecule has 0 fully saturated rings. The highest BCUT2D eigenvalue weighted by Crippen LogP contribution is 2.14. The molecule has 0 aliphatic carbocycles. The molecule has 0 amide bonds. The van der Waals surface area contributed by atoms with E-state index in [-0.39, 0.29) is 11.7 Å². The van der Waals surface area contributed by atoms with Gasteiger partial charge in [0.05, 0.1) is 6.61 Å². The molecule has 1 aromatic rings. The van der Waals surface area contributed by atoms with Crippen molar-refractivity contribution in [2.24, 2.45) is 5.92 Å². The van der Waals surface area contributed by atoms with Crippen molar-refractivity contribution >= 4 is 5.78 Å². The fraction of sp³-hybridized carbons (Fsp3) is 0.462. The Morgan fingerprint density at radius 3 is 2.60 bits per heavy atom. The van der Waals surface area contributed by atoms with E-state index in [2.05, 4.69) is 0 Å². The van der Waals surface area contributed by atoms with Gasteiger partial charge in [0.1, 0.15) is 0 Å². The van der Waals surface area contributed by atoms with Gasteiger partial charge in [-0.15, -0.1) is 0 Å². The summed E-state index contributed by atoms with van der Waals surface area (Å²) in [4.78, 5) is 11.9. The first-order valence-corrected chi connectivity index (χ1v) is 5.36. The van der Waals surface area contributed by atoms with Crippen LogP contribution >= 0.6 is 0 Å². The van der Waals surface area contributed by atoms with E-state index in [0.717, 1.165) is 11.1 Å². The van der Waals surface area contributed by atoms with E-state index < -0.39 is 0 Å². The summed E-state index contributed by atoms with van der Waals surface area (Å²) in [5.74, 6) is 0.220. The molecule has 0 saturated heterocycles. The summed E-state index contributed by atoms with van der Waals surface area (Å²) in [7, 11) is 0. The highest BCUT2D eigenvalue weighted by atomic mass is 16.5. The molecule has 0 saturated carbocycles. The molecule has 0 aliphatic rings. The second-order valence-electron chi connectivity index (χ2n) is 3.81. The second-order valence-corrected chi connectivity index (χ2v) is 3.81. The summed E-state index contributed by atoms with van der Waals surface area (Å²) in [5, 5.41) is 0. The minimum Gasteiger partial charge on any atom is -0.377 e. The van der Waals surface area contributed by atoms with Crippen molar-refractivity contribution in [2.75, 3.05) is 6.61 Å². The Kier molecular flexibility index (Phi) is 4.50. The van der Waals surface area contributed by atoms with Gasteiger partial charge in [0.25, 0.3) is 0 Å². The minimum absolute atomic E-state index is 0.0350. The molecular formula is C13H18O2. The Labute approximate surface area is 91.3 Å². The van der Waals surface area contributed by atoms with Gasteiger partial charge in [-0.3, -0.25) is 4.79 Å². The van der Waals surface area contributed by atoms with Crippen molar-refractivity contribution in [3.63, 3.8) is 0 Å². The summed E-state index contributed by atoms with van der Waals surface area (Å²) >= 11 is 0. The Morgan fingerprint density at radius 2 is 2.00 bits per heavy atom. The number of benzene rings is 1. The molecule has 0 N–H and O–H groups in total. The summed E-state index contributed by atoms with van der Waals surface area (Å²) < 4.78 is 5.34. The zero-order valence-corrected chi connectivity index (χ0v) is 9.62. The maximum Gasteiger partial charge on any atom is 0.165 e. The van der Waals surface area contributed by atoms with Gasteiger partial charge in [0.15, 0.2) is 5.78 Å². The van der Waals surface area contributed by atoms with Gasteiger partial charge in [-0.1, -0.05) is 38.1 Å². The van der Waals surface area contributed by atoms with Crippen LogP contribution in [0.1, 0.15) is 36.7 Å². The molecule has 2 heteroatoms. The zero-order chi connectivity index (χ0) is 11.3. The van der Waals surface area contributed by atoms with Crippen LogP contribution in [-0.4, -0.2) is 12.4 Å². The first kappa shape index (κ1) is 11.9. The molecule has 0 spiro atoms. The smallest absolute Gasteiger partial charge is 0.165 e. The van der Waals surface area contributed by atoms with Gasteiger partial charge < -0.3 is 4.74 Å². The monoisotopic (exact) mass is 206 g/mol. The van der Waals surface area contributed by atoms with E-state index in [1.165, 1.54) is 0 Å². The van der Waals surface area contributed by atoms with Gasteiger partial charge in [0, 0.05) is 18.1 Å². The number of rotatable bonds is 5. The van der Waals surface area contributed by atoms with E-state index in [1.807, 2.05) is 45.0 Å². The first-order chi connectivity index (χ1) is 7.16. The van der Waals surface area contributed by atoms with Crippen molar-refractivity contribution in [3.05, 3.63) is 35.4 Å². The summed E-state index contributed by atoms with van der Waals surface area (Å²) in [6.45, 7) is 6.97. The summed E-state index contributed by atoms with van der Waals surface area (Å²) in [5.41, 5.74) is 1.78. The largest absolute Gasteiger partial charge is 0.377 e. The van der Waals surface area contributed by atoms with Gasteiger partial charge in [-0.05, 0) is 12.5 Å². The lowest BCUT2D eigenvalue weighted by atomic mass is 9.97. The fourth-order valence-corrected chi connectivity index (χ4v) is 1.41. The van der Waals surface area contributed by atoms with Crippen LogP contribution in [0, 0.1) is 5.92 Å². The van der Waals surface area contributed by atoms with E-state index >= 15 is 0 Å². The average Bonchev–Trinajstić information content (AvgIpc) is 2.25. The van der Waals surface area contributed by atoms with E-state index in [0.29, 0.717) is 13.2 Å². The van der Waals surface area contributed by atoms with Crippen LogP contribution in [0.25, 0.3) is 0 Å². The van der Waals surface area contributed by atoms with Crippen molar-refractivity contribution < 1.29 is 9.53 Å². The average molecular weight is 206 g/mol. The molecule has 0 heterocycles. The third kappa shape index (κ3) is 3.17. The molecule has 0 atom stereocenters. The molecular weight excluding hydrogens is 188 g/mol. The second kappa shape index (κ2) is 5.66. The molecule has 0 aliphatic heterocycles. The van der Waals surface area contributed by atoms with Crippen LogP contribution < -0.4 is 0 Å². The highest BCUT2D eigenvalue weighted by molar-refractivity contribution is 5.98. The summed E-state index contributed by atoms with van der Waals surface area (Å²) in [6.07, 6.45) is 0. The predicted molar refractivity (Wildman–Crippen MR) is 60.9 cm³/mol. The molecule has 2 nitrogen and oxygen atoms in total. The third-order valence-corrected chi connectivity index (χ3v) is 2.27. The first-order valence-electron chi connectivity index (χ1n) is 5.36. The number of carbonyl (C=O) groups is 1. The zero-order valence-electron chi connectivity index (χ0n) is 9.62. The highest BCUT2D eigenvalue weighted by Gasteiger charge is 2.13. The summed E-state index contributed by atoms with van der Waals surface area (Å²) in [6, 6.07) is 7.65. The molecule has 15 heavy (non-hydrogen) atoms. The maximum absolute atomic E-state index is 11.9. The molecule has 1 aromatic carbocycles. The van der Waals surface area contributed by atoms with Crippen molar-refractivity contribution in [1.29, 1.82) is 0 Å². The maximum atomic E-state index is 11.9. The van der Waals surface area contributed by atoms with Gasteiger partial charge in [-0.2, -0.15) is 0 Å². The molecule has 82 valence electrons. The van der Waals surface area contributed by atoms with Crippen molar-refractivity contribution in [3.8, 4) is 0 Å². The number of carbonyl (C=O) groups excluding carboxylic acids is 1. The Balaban J connectivity index is 2.90. The van der Waals surface area contributed by atoms with Crippen molar-refractivity contribution in [1.82, 2.24) is 0 Å². The molecule has 0 bridgehead atoms. The van der Waals surface area contributed by atoms with Crippen molar-refractivity contribution in [2.45, 2.75) is 27.4 Å². The third-order valence-electron chi connectivity index (χ3n) is 2.27. The molecule has 0 aromatic heterocycles. The topological polar surface area (TPSA) is 26.3 Å². The van der Waals surface area contributed by atoms with Crippen LogP contribution in [-0.2, 0) is 11.3 Å². The van der Waals surface area contributed by atoms with E-state index in [9.17, 15) is 4.79 Å². The van der Waals surface area contributed by atoms with Crippen LogP contribution in [0.3, 0.4) is 0 Å². The quantitative estimate of drug-likeness (QED) is 0.692. The predicted octanol–water partition coefficient (Wildman–Crippen LogP) is 3.06. The number of ether oxygens (including phenoxy) is 1. The fourth-order valence-electron chi connectivity index (χ4n) is 1.41. The molecule has 1 rings (SSSR count). The molecule has 0 unspecified atom stereocenters. The lowest BCUT2D eigenvalue weighted by Crippen LogP contribution is -2.11. The number of Topliss-reactive ketones (excluding diaryl/α,β-unsaturated/α-hetero) is 1. The lowest BCUT2D eigenvalue weighted by Gasteiger charge is -2.10. The van der Waals surface area contributed by atoms with E-state index in [4.69, 9.17) is 4.74 Å². The van der Waals surface area contributed by atoms with Crippen LogP contribution in [0.5, 0.6) is 0 Å². The van der Waals surface area contributed by atoms with Crippen LogP contribution in [0.4, 0.5) is 0 Å². The van der Waals surface area contributed by atoms with Gasteiger partial charge in [-0.25, -0.2) is 0 Å². The Bertz CT molecular complexity index is 329. The Hall–Kier alpha value is -1.15.